The van der Waals surface area contributed by atoms with Crippen molar-refractivity contribution >= 4 is 16.7 Å². The first-order valence-electron chi connectivity index (χ1n) is 9.12. The van der Waals surface area contributed by atoms with Crippen LogP contribution in [0.3, 0.4) is 0 Å². The van der Waals surface area contributed by atoms with Gasteiger partial charge in [0, 0.05) is 24.5 Å². The van der Waals surface area contributed by atoms with Crippen molar-refractivity contribution in [2.75, 3.05) is 31.6 Å². The van der Waals surface area contributed by atoms with E-state index in [0.29, 0.717) is 24.5 Å². The topological polar surface area (TPSA) is 87.3 Å². The van der Waals surface area contributed by atoms with Crippen LogP contribution >= 0.6 is 0 Å². The number of anilines is 1. The van der Waals surface area contributed by atoms with E-state index in [1.807, 2.05) is 0 Å². The summed E-state index contributed by atoms with van der Waals surface area (Å²) in [6, 6.07) is 4.52. The second-order valence-electron chi connectivity index (χ2n) is 6.30. The molecule has 27 heavy (non-hydrogen) atoms. The second kappa shape index (κ2) is 9.94. The van der Waals surface area contributed by atoms with Crippen LogP contribution in [0.15, 0.2) is 41.4 Å². The van der Waals surface area contributed by atoms with E-state index in [4.69, 9.17) is 4.42 Å². The molecule has 0 aliphatic carbocycles. The Morgan fingerprint density at radius 3 is 2.85 bits per heavy atom. The molecule has 7 nitrogen and oxygen atoms in total. The van der Waals surface area contributed by atoms with Crippen molar-refractivity contribution in [2.45, 2.75) is 25.8 Å². The molecule has 0 atom stereocenters. The molecular formula is C19H24FN5O2. The molecule has 0 radical (unpaired) electrons. The quantitative estimate of drug-likeness (QED) is 0.500. The Morgan fingerprint density at radius 2 is 2.04 bits per heavy atom. The summed E-state index contributed by atoms with van der Waals surface area (Å²) >= 11 is 0. The lowest BCUT2D eigenvalue weighted by Crippen LogP contribution is -2.27. The van der Waals surface area contributed by atoms with E-state index < -0.39 is 0 Å². The SMILES string of the molecule is OCCN(CCCCCNc1ncnc2cc(F)ccc12)Cc1ncco1. The maximum atomic E-state index is 13.3. The van der Waals surface area contributed by atoms with Crippen LogP contribution in [-0.4, -0.2) is 51.2 Å². The largest absolute Gasteiger partial charge is 0.448 e. The Labute approximate surface area is 157 Å². The Balaban J connectivity index is 1.40. The van der Waals surface area contributed by atoms with Gasteiger partial charge in [0.2, 0.25) is 5.89 Å². The van der Waals surface area contributed by atoms with Gasteiger partial charge in [0.05, 0.1) is 24.9 Å². The third-order valence-corrected chi connectivity index (χ3v) is 4.30. The molecule has 3 rings (SSSR count). The summed E-state index contributed by atoms with van der Waals surface area (Å²) in [7, 11) is 0. The summed E-state index contributed by atoms with van der Waals surface area (Å²) in [6.07, 6.45) is 7.67. The van der Waals surface area contributed by atoms with Gasteiger partial charge in [0.25, 0.3) is 0 Å². The fourth-order valence-corrected chi connectivity index (χ4v) is 2.95. The molecule has 0 fully saturated rings. The number of nitrogens with zero attached hydrogens (tertiary/aromatic N) is 4. The van der Waals surface area contributed by atoms with Crippen LogP contribution in [0.25, 0.3) is 10.9 Å². The van der Waals surface area contributed by atoms with Crippen LogP contribution in [-0.2, 0) is 6.54 Å². The number of unbranched alkanes of at least 4 members (excludes halogenated alkanes) is 2. The maximum Gasteiger partial charge on any atom is 0.208 e. The normalized spacial score (nSPS) is 11.4. The summed E-state index contributed by atoms with van der Waals surface area (Å²) < 4.78 is 18.6. The third-order valence-electron chi connectivity index (χ3n) is 4.30. The highest BCUT2D eigenvalue weighted by atomic mass is 19.1. The monoisotopic (exact) mass is 373 g/mol. The molecule has 3 aromatic rings. The van der Waals surface area contributed by atoms with Gasteiger partial charge in [-0.05, 0) is 31.5 Å². The number of aromatic nitrogens is 3. The zero-order valence-corrected chi connectivity index (χ0v) is 15.1. The molecule has 0 spiro atoms. The van der Waals surface area contributed by atoms with Crippen molar-refractivity contribution in [2.24, 2.45) is 0 Å². The summed E-state index contributed by atoms with van der Waals surface area (Å²) in [6.45, 7) is 2.98. The average Bonchev–Trinajstić information content (AvgIpc) is 3.17. The van der Waals surface area contributed by atoms with E-state index in [0.717, 1.165) is 43.6 Å². The molecular weight excluding hydrogens is 349 g/mol. The van der Waals surface area contributed by atoms with Crippen LogP contribution in [0.4, 0.5) is 10.2 Å². The van der Waals surface area contributed by atoms with Gasteiger partial charge in [0.1, 0.15) is 24.2 Å². The number of hydrogen-bond acceptors (Lipinski definition) is 7. The number of aliphatic hydroxyl groups is 1. The zero-order chi connectivity index (χ0) is 18.9. The summed E-state index contributed by atoms with van der Waals surface area (Å²) in [5.41, 5.74) is 0.596. The molecule has 0 saturated heterocycles. The number of hydrogen-bond donors (Lipinski definition) is 2. The Bertz CT molecular complexity index is 828. The Morgan fingerprint density at radius 1 is 1.11 bits per heavy atom. The number of oxazole rings is 1. The Hall–Kier alpha value is -2.58. The molecule has 0 saturated carbocycles. The minimum Gasteiger partial charge on any atom is -0.448 e. The van der Waals surface area contributed by atoms with E-state index in [9.17, 15) is 9.50 Å². The van der Waals surface area contributed by atoms with Crippen LogP contribution in [0.5, 0.6) is 0 Å². The minimum absolute atomic E-state index is 0.115. The third kappa shape index (κ3) is 5.70. The van der Waals surface area contributed by atoms with Crippen molar-refractivity contribution < 1.29 is 13.9 Å². The lowest BCUT2D eigenvalue weighted by molar-refractivity contribution is 0.176. The van der Waals surface area contributed by atoms with Gasteiger partial charge in [0.15, 0.2) is 0 Å². The van der Waals surface area contributed by atoms with Crippen LogP contribution < -0.4 is 5.32 Å². The molecule has 0 aliphatic heterocycles. The molecule has 0 bridgehead atoms. The fraction of sp³-hybridized carbons (Fsp3) is 0.421. The minimum atomic E-state index is -0.302. The number of benzene rings is 1. The first kappa shape index (κ1) is 19.2. The van der Waals surface area contributed by atoms with Gasteiger partial charge >= 0.3 is 0 Å². The first-order valence-corrected chi connectivity index (χ1v) is 9.12. The smallest absolute Gasteiger partial charge is 0.208 e. The lowest BCUT2D eigenvalue weighted by atomic mass is 10.2. The Kier molecular flexibility index (Phi) is 7.06. The molecule has 144 valence electrons. The number of nitrogens with one attached hydrogen (secondary N) is 1. The van der Waals surface area contributed by atoms with Crippen molar-refractivity contribution in [1.29, 1.82) is 0 Å². The molecule has 2 N–H and O–H groups in total. The summed E-state index contributed by atoms with van der Waals surface area (Å²) in [5.74, 6) is 1.09. The number of aliphatic hydroxyl groups excluding tert-OH is 1. The van der Waals surface area contributed by atoms with Crippen molar-refractivity contribution in [3.8, 4) is 0 Å². The summed E-state index contributed by atoms with van der Waals surface area (Å²) in [5, 5.41) is 13.3. The van der Waals surface area contributed by atoms with Crippen LogP contribution in [0.1, 0.15) is 25.2 Å². The molecule has 2 heterocycles. The van der Waals surface area contributed by atoms with E-state index in [2.05, 4.69) is 25.2 Å². The van der Waals surface area contributed by atoms with Gasteiger partial charge in [-0.1, -0.05) is 6.42 Å². The van der Waals surface area contributed by atoms with Gasteiger partial charge in [-0.2, -0.15) is 0 Å². The van der Waals surface area contributed by atoms with Crippen molar-refractivity contribution in [1.82, 2.24) is 19.9 Å². The molecule has 0 unspecified atom stereocenters. The molecule has 0 aliphatic rings. The van der Waals surface area contributed by atoms with E-state index in [-0.39, 0.29) is 12.4 Å². The first-order chi connectivity index (χ1) is 13.3. The van der Waals surface area contributed by atoms with Crippen LogP contribution in [0.2, 0.25) is 0 Å². The molecule has 1 aromatic carbocycles. The number of rotatable bonds is 11. The second-order valence-corrected chi connectivity index (χ2v) is 6.30. The van der Waals surface area contributed by atoms with E-state index in [1.165, 1.54) is 18.5 Å². The lowest BCUT2D eigenvalue weighted by Gasteiger charge is -2.19. The van der Waals surface area contributed by atoms with Gasteiger partial charge < -0.3 is 14.8 Å². The average molecular weight is 373 g/mol. The predicted octanol–water partition coefficient (Wildman–Crippen LogP) is 2.83. The van der Waals surface area contributed by atoms with E-state index >= 15 is 0 Å². The fourth-order valence-electron chi connectivity index (χ4n) is 2.95. The highest BCUT2D eigenvalue weighted by molar-refractivity contribution is 5.88. The highest BCUT2D eigenvalue weighted by Crippen LogP contribution is 2.19. The highest BCUT2D eigenvalue weighted by Gasteiger charge is 2.08. The predicted molar refractivity (Wildman–Crippen MR) is 101 cm³/mol. The summed E-state index contributed by atoms with van der Waals surface area (Å²) in [4.78, 5) is 14.6. The van der Waals surface area contributed by atoms with Gasteiger partial charge in [-0.15, -0.1) is 0 Å². The van der Waals surface area contributed by atoms with Gasteiger partial charge in [-0.25, -0.2) is 19.3 Å². The molecule has 2 aromatic heterocycles. The number of fused-ring (bicyclic) bond motifs is 1. The molecule has 8 heteroatoms. The van der Waals surface area contributed by atoms with Crippen molar-refractivity contribution in [3.63, 3.8) is 0 Å². The van der Waals surface area contributed by atoms with Crippen LogP contribution in [0, 0.1) is 5.82 Å². The maximum absolute atomic E-state index is 13.3. The van der Waals surface area contributed by atoms with E-state index in [1.54, 1.807) is 18.5 Å². The standard InChI is InChI=1S/C19H24FN5O2/c20-15-4-5-16-17(12-15)23-14-24-19(16)22-6-2-1-3-8-25(9-10-26)13-18-21-7-11-27-18/h4-5,7,11-12,14,26H,1-3,6,8-10,13H2,(H,22,23,24). The zero-order valence-electron chi connectivity index (χ0n) is 15.1. The molecule has 0 amide bonds. The number of halogens is 1. The van der Waals surface area contributed by atoms with Gasteiger partial charge in [-0.3, -0.25) is 4.90 Å². The van der Waals surface area contributed by atoms with Crippen molar-refractivity contribution in [3.05, 3.63) is 48.7 Å².